The summed E-state index contributed by atoms with van der Waals surface area (Å²) < 4.78 is 6.88. The van der Waals surface area contributed by atoms with Gasteiger partial charge in [0.2, 0.25) is 0 Å². The first-order chi connectivity index (χ1) is 13.6. The maximum atomic E-state index is 12.2. The van der Waals surface area contributed by atoms with Gasteiger partial charge in [0.1, 0.15) is 0 Å². The van der Waals surface area contributed by atoms with Gasteiger partial charge in [0.25, 0.3) is 11.5 Å². The van der Waals surface area contributed by atoms with Crippen LogP contribution >= 0.6 is 0 Å². The number of anilines is 2. The fourth-order valence-corrected chi connectivity index (χ4v) is 4.45. The van der Waals surface area contributed by atoms with Crippen molar-refractivity contribution in [3.8, 4) is 0 Å². The molecule has 2 aliphatic rings. The van der Waals surface area contributed by atoms with E-state index in [0.717, 1.165) is 37.4 Å². The zero-order valence-electron chi connectivity index (χ0n) is 16.1. The molecule has 0 aliphatic carbocycles. The van der Waals surface area contributed by atoms with Gasteiger partial charge >= 0.3 is 0 Å². The number of benzene rings is 1. The van der Waals surface area contributed by atoms with Gasteiger partial charge in [-0.05, 0) is 36.6 Å². The molecule has 7 nitrogen and oxygen atoms in total. The zero-order valence-corrected chi connectivity index (χ0v) is 16.1. The molecule has 1 aromatic heterocycles. The van der Waals surface area contributed by atoms with Gasteiger partial charge in [0.05, 0.1) is 18.0 Å². The molecule has 2 aliphatic heterocycles. The van der Waals surface area contributed by atoms with Crippen molar-refractivity contribution in [1.29, 1.82) is 0 Å². The first kappa shape index (κ1) is 18.6. The van der Waals surface area contributed by atoms with E-state index in [2.05, 4.69) is 16.3 Å². The normalized spacial score (nSPS) is 20.5. The summed E-state index contributed by atoms with van der Waals surface area (Å²) in [5.74, 6) is 0.583. The minimum absolute atomic E-state index is 0.0870. The molecule has 2 unspecified atom stereocenters. The van der Waals surface area contributed by atoms with E-state index in [-0.39, 0.29) is 11.5 Å². The van der Waals surface area contributed by atoms with E-state index in [1.807, 2.05) is 22.8 Å². The molecule has 0 radical (unpaired) electrons. The van der Waals surface area contributed by atoms with Crippen molar-refractivity contribution >= 4 is 17.3 Å². The first-order valence-electron chi connectivity index (χ1n) is 9.68. The Hall–Kier alpha value is -2.80. The number of nitrogens with two attached hydrogens (primary N) is 1. The third-order valence-corrected chi connectivity index (χ3v) is 5.70. The molecular weight excluding hydrogens is 356 g/mol. The lowest BCUT2D eigenvalue weighted by molar-refractivity contribution is 0.0937. The maximum Gasteiger partial charge on any atom is 0.251 e. The van der Waals surface area contributed by atoms with Crippen LogP contribution in [-0.4, -0.2) is 43.8 Å². The Morgan fingerprint density at radius 1 is 1.25 bits per heavy atom. The number of hydrogen-bond acceptors (Lipinski definition) is 5. The number of amides is 1. The van der Waals surface area contributed by atoms with Crippen molar-refractivity contribution in [1.82, 2.24) is 9.88 Å². The second kappa shape index (κ2) is 7.67. The third-order valence-electron chi connectivity index (χ3n) is 5.70. The minimum Gasteiger partial charge on any atom is -0.397 e. The van der Waals surface area contributed by atoms with Crippen LogP contribution in [0, 0.1) is 5.92 Å². The molecule has 4 rings (SSSR count). The SMILES string of the molecule is COCCNC(=O)c1ccc(N2CC3CC(C2)c2cccc(=O)n2C3)c(N)c1. The van der Waals surface area contributed by atoms with Gasteiger partial charge in [0.15, 0.2) is 0 Å². The lowest BCUT2D eigenvalue weighted by Crippen LogP contribution is -2.47. The van der Waals surface area contributed by atoms with E-state index >= 15 is 0 Å². The number of rotatable bonds is 5. The Kier molecular flexibility index (Phi) is 5.09. The number of hydrogen-bond donors (Lipinski definition) is 2. The molecule has 7 heteroatoms. The highest BCUT2D eigenvalue weighted by Crippen LogP contribution is 2.38. The van der Waals surface area contributed by atoms with Crippen molar-refractivity contribution in [2.45, 2.75) is 18.9 Å². The lowest BCUT2D eigenvalue weighted by Gasteiger charge is -2.44. The summed E-state index contributed by atoms with van der Waals surface area (Å²) in [5.41, 5.74) is 9.61. The summed E-state index contributed by atoms with van der Waals surface area (Å²) in [5, 5.41) is 2.81. The molecule has 2 bridgehead atoms. The smallest absolute Gasteiger partial charge is 0.251 e. The van der Waals surface area contributed by atoms with E-state index < -0.39 is 0 Å². The summed E-state index contributed by atoms with van der Waals surface area (Å²) in [6, 6.07) is 11.0. The van der Waals surface area contributed by atoms with Crippen LogP contribution in [0.5, 0.6) is 0 Å². The number of carbonyl (C=O) groups excluding carboxylic acids is 1. The fraction of sp³-hybridized carbons (Fsp3) is 0.429. The van der Waals surface area contributed by atoms with Crippen LogP contribution in [0.1, 0.15) is 28.4 Å². The number of nitrogens with zero attached hydrogens (tertiary/aromatic N) is 2. The molecule has 28 heavy (non-hydrogen) atoms. The summed E-state index contributed by atoms with van der Waals surface area (Å²) in [6.45, 7) is 3.37. The highest BCUT2D eigenvalue weighted by Gasteiger charge is 2.35. The molecule has 1 aromatic carbocycles. The minimum atomic E-state index is -0.154. The number of aromatic nitrogens is 1. The molecule has 2 atom stereocenters. The number of nitrogens with one attached hydrogen (secondary N) is 1. The number of pyridine rings is 1. The molecule has 148 valence electrons. The number of piperidine rings is 1. The Morgan fingerprint density at radius 2 is 2.11 bits per heavy atom. The second-order valence-corrected chi connectivity index (χ2v) is 7.63. The standard InChI is InChI=1S/C21H26N4O3/c1-28-8-7-23-21(27)15-5-6-19(17(22)10-15)24-11-14-9-16(13-24)18-3-2-4-20(26)25(18)12-14/h2-6,10,14,16H,7-9,11-13,22H2,1H3,(H,23,27). The summed E-state index contributed by atoms with van der Waals surface area (Å²) >= 11 is 0. The van der Waals surface area contributed by atoms with Gasteiger partial charge in [0, 0.05) is 56.5 Å². The summed E-state index contributed by atoms with van der Waals surface area (Å²) in [7, 11) is 1.60. The van der Waals surface area contributed by atoms with Crippen LogP contribution in [0.25, 0.3) is 0 Å². The van der Waals surface area contributed by atoms with Gasteiger partial charge in [-0.2, -0.15) is 0 Å². The van der Waals surface area contributed by atoms with Crippen molar-refractivity contribution in [2.75, 3.05) is 44.0 Å². The first-order valence-corrected chi connectivity index (χ1v) is 9.68. The van der Waals surface area contributed by atoms with Crippen molar-refractivity contribution < 1.29 is 9.53 Å². The number of methoxy groups -OCH3 is 1. The van der Waals surface area contributed by atoms with Crippen LogP contribution in [0.4, 0.5) is 11.4 Å². The van der Waals surface area contributed by atoms with E-state index in [4.69, 9.17) is 10.5 Å². The number of fused-ring (bicyclic) bond motifs is 4. The van der Waals surface area contributed by atoms with Crippen molar-refractivity contribution in [3.63, 3.8) is 0 Å². The Labute approximate surface area is 164 Å². The van der Waals surface area contributed by atoms with Crippen LogP contribution in [-0.2, 0) is 11.3 Å². The van der Waals surface area contributed by atoms with E-state index in [0.29, 0.717) is 36.2 Å². The van der Waals surface area contributed by atoms with Gasteiger partial charge in [-0.25, -0.2) is 0 Å². The van der Waals surface area contributed by atoms with Gasteiger partial charge < -0.3 is 25.3 Å². The average molecular weight is 382 g/mol. The molecule has 3 N–H and O–H groups in total. The molecule has 1 fully saturated rings. The number of nitrogen functional groups attached to an aromatic ring is 1. The van der Waals surface area contributed by atoms with Crippen LogP contribution in [0.2, 0.25) is 0 Å². The van der Waals surface area contributed by atoms with E-state index in [1.54, 1.807) is 19.2 Å². The predicted octanol–water partition coefficient (Wildman–Crippen LogP) is 1.43. The Balaban J connectivity index is 1.53. The van der Waals surface area contributed by atoms with E-state index in [1.165, 1.54) is 0 Å². The van der Waals surface area contributed by atoms with Gasteiger partial charge in [-0.3, -0.25) is 9.59 Å². The summed E-state index contributed by atoms with van der Waals surface area (Å²) in [6.07, 6.45) is 1.10. The summed E-state index contributed by atoms with van der Waals surface area (Å²) in [4.78, 5) is 26.7. The highest BCUT2D eigenvalue weighted by molar-refractivity contribution is 5.96. The van der Waals surface area contributed by atoms with Gasteiger partial charge in [-0.15, -0.1) is 0 Å². The Morgan fingerprint density at radius 3 is 2.89 bits per heavy atom. The van der Waals surface area contributed by atoms with Gasteiger partial charge in [-0.1, -0.05) is 6.07 Å². The Bertz CT molecular complexity index is 939. The van der Waals surface area contributed by atoms with Crippen LogP contribution in [0.3, 0.4) is 0 Å². The predicted molar refractivity (Wildman–Crippen MR) is 109 cm³/mol. The van der Waals surface area contributed by atoms with Crippen molar-refractivity contribution in [2.24, 2.45) is 5.92 Å². The van der Waals surface area contributed by atoms with E-state index in [9.17, 15) is 9.59 Å². The molecule has 2 aromatic rings. The second-order valence-electron chi connectivity index (χ2n) is 7.63. The molecular formula is C21H26N4O3. The highest BCUT2D eigenvalue weighted by atomic mass is 16.5. The van der Waals surface area contributed by atoms with Crippen LogP contribution in [0.15, 0.2) is 41.2 Å². The lowest BCUT2D eigenvalue weighted by atomic mass is 9.83. The number of ether oxygens (including phenoxy) is 1. The topological polar surface area (TPSA) is 89.6 Å². The van der Waals surface area contributed by atoms with Crippen LogP contribution < -0.4 is 21.5 Å². The number of carbonyl (C=O) groups is 1. The quantitative estimate of drug-likeness (QED) is 0.603. The average Bonchev–Trinajstić information content (AvgIpc) is 2.68. The molecule has 1 amide bonds. The molecule has 0 spiro atoms. The van der Waals surface area contributed by atoms with Crippen molar-refractivity contribution in [3.05, 3.63) is 58.0 Å². The third kappa shape index (κ3) is 3.49. The maximum absolute atomic E-state index is 12.2. The molecule has 1 saturated heterocycles. The molecule has 0 saturated carbocycles. The zero-order chi connectivity index (χ0) is 19.7. The monoisotopic (exact) mass is 382 g/mol. The fourth-order valence-electron chi connectivity index (χ4n) is 4.45. The molecule has 3 heterocycles. The largest absolute Gasteiger partial charge is 0.397 e.